The Labute approximate surface area is 201 Å². The summed E-state index contributed by atoms with van der Waals surface area (Å²) in [6.07, 6.45) is 3.48. The first-order valence-corrected chi connectivity index (χ1v) is 11.2. The fraction of sp³-hybridized carbons (Fsp3) is 0.115. The highest BCUT2D eigenvalue weighted by Crippen LogP contribution is 2.26. The van der Waals surface area contributed by atoms with Gasteiger partial charge in [0.2, 0.25) is 5.91 Å². The van der Waals surface area contributed by atoms with Crippen LogP contribution in [0.5, 0.6) is 0 Å². The average Bonchev–Trinajstić information content (AvgIpc) is 3.27. The second kappa shape index (κ2) is 9.41. The van der Waals surface area contributed by atoms with E-state index in [1.54, 1.807) is 29.2 Å². The van der Waals surface area contributed by atoms with Crippen molar-refractivity contribution in [2.24, 2.45) is 0 Å². The van der Waals surface area contributed by atoms with Crippen LogP contribution in [0.15, 0.2) is 79.1 Å². The summed E-state index contributed by atoms with van der Waals surface area (Å²) in [5.74, 6) is 0.565. The molecule has 0 bridgehead atoms. The predicted molar refractivity (Wildman–Crippen MR) is 132 cm³/mol. The molecule has 0 radical (unpaired) electrons. The van der Waals surface area contributed by atoms with Gasteiger partial charge in [0, 0.05) is 35.2 Å². The van der Waals surface area contributed by atoms with Crippen molar-refractivity contribution < 1.29 is 4.79 Å². The van der Waals surface area contributed by atoms with Gasteiger partial charge in [-0.1, -0.05) is 35.9 Å². The Hall–Kier alpha value is -4.10. The van der Waals surface area contributed by atoms with Crippen molar-refractivity contribution in [2.75, 3.05) is 0 Å². The van der Waals surface area contributed by atoms with Gasteiger partial charge in [-0.3, -0.25) is 14.8 Å². The molecule has 5 rings (SSSR count). The largest absolute Gasteiger partial charge is 0.352 e. The number of halogens is 1. The van der Waals surface area contributed by atoms with Crippen molar-refractivity contribution in [1.82, 2.24) is 30.0 Å². The van der Waals surface area contributed by atoms with E-state index >= 15 is 0 Å². The normalized spacial score (nSPS) is 11.0. The van der Waals surface area contributed by atoms with Gasteiger partial charge in [0.1, 0.15) is 0 Å². The number of carbonyl (C=O) groups excluding carboxylic acids is 1. The van der Waals surface area contributed by atoms with Gasteiger partial charge < -0.3 is 5.32 Å². The Kier molecular flexibility index (Phi) is 6.01. The molecule has 1 N–H and O–H groups in total. The summed E-state index contributed by atoms with van der Waals surface area (Å²) in [5.41, 5.74) is 5.84. The maximum Gasteiger partial charge on any atom is 0.226 e. The third-order valence-corrected chi connectivity index (χ3v) is 5.61. The quantitative estimate of drug-likeness (QED) is 0.390. The van der Waals surface area contributed by atoms with Gasteiger partial charge in [-0.15, -0.1) is 0 Å². The molecule has 0 aliphatic heterocycles. The maximum atomic E-state index is 12.7. The third kappa shape index (κ3) is 4.79. The molecule has 0 saturated heterocycles. The molecule has 5 aromatic rings. The molecule has 1 amide bonds. The zero-order chi connectivity index (χ0) is 23.5. The smallest absolute Gasteiger partial charge is 0.226 e. The van der Waals surface area contributed by atoms with Crippen LogP contribution in [0.2, 0.25) is 5.02 Å². The highest BCUT2D eigenvalue weighted by molar-refractivity contribution is 6.30. The molecule has 0 spiro atoms. The lowest BCUT2D eigenvalue weighted by Crippen LogP contribution is -2.24. The predicted octanol–water partition coefficient (Wildman–Crippen LogP) is 4.70. The van der Waals surface area contributed by atoms with Crippen LogP contribution in [-0.4, -0.2) is 30.6 Å². The van der Waals surface area contributed by atoms with Crippen LogP contribution < -0.4 is 5.32 Å². The first-order valence-electron chi connectivity index (χ1n) is 10.8. The Bertz CT molecular complexity index is 1480. The zero-order valence-corrected chi connectivity index (χ0v) is 19.2. The number of carbonyl (C=O) groups is 1. The Morgan fingerprint density at radius 2 is 1.76 bits per heavy atom. The van der Waals surface area contributed by atoms with Gasteiger partial charge in [0.15, 0.2) is 5.82 Å². The van der Waals surface area contributed by atoms with Crippen molar-refractivity contribution >= 4 is 28.5 Å². The number of amides is 1. The molecule has 7 nitrogen and oxygen atoms in total. The molecule has 168 valence electrons. The number of rotatable bonds is 6. The van der Waals surface area contributed by atoms with E-state index in [0.29, 0.717) is 23.1 Å². The van der Waals surface area contributed by atoms with Crippen molar-refractivity contribution in [3.8, 4) is 17.1 Å². The molecule has 0 saturated carbocycles. The minimum atomic E-state index is -0.118. The van der Waals surface area contributed by atoms with E-state index < -0.39 is 0 Å². The molecule has 0 fully saturated rings. The van der Waals surface area contributed by atoms with Crippen LogP contribution in [0.1, 0.15) is 17.0 Å². The maximum absolute atomic E-state index is 12.7. The van der Waals surface area contributed by atoms with E-state index in [4.69, 9.17) is 16.7 Å². The molecule has 0 aliphatic carbocycles. The lowest BCUT2D eigenvalue weighted by molar-refractivity contribution is -0.120. The van der Waals surface area contributed by atoms with Crippen molar-refractivity contribution in [2.45, 2.75) is 19.9 Å². The van der Waals surface area contributed by atoms with Crippen LogP contribution >= 0.6 is 11.6 Å². The number of fused-ring (bicyclic) bond motifs is 1. The number of nitrogens with zero attached hydrogens (tertiary/aromatic N) is 5. The lowest BCUT2D eigenvalue weighted by atomic mass is 10.1. The summed E-state index contributed by atoms with van der Waals surface area (Å²) < 4.78 is 1.77. The number of aryl methyl sites for hydroxylation is 1. The number of benzene rings is 2. The van der Waals surface area contributed by atoms with E-state index in [0.717, 1.165) is 33.5 Å². The SMILES string of the molecule is Cc1cccc(-n2nc(CC(=O)NCc3ccc(Cl)cc3)cc2-c2ccc3nccnc3c2)n1. The van der Waals surface area contributed by atoms with Gasteiger partial charge in [0.05, 0.1) is 28.8 Å². The second-order valence-corrected chi connectivity index (χ2v) is 8.35. The summed E-state index contributed by atoms with van der Waals surface area (Å²) in [6.45, 7) is 2.36. The van der Waals surface area contributed by atoms with E-state index in [-0.39, 0.29) is 12.3 Å². The van der Waals surface area contributed by atoms with Gasteiger partial charge in [-0.2, -0.15) is 5.10 Å². The highest BCUT2D eigenvalue weighted by atomic mass is 35.5. The minimum absolute atomic E-state index is 0.118. The van der Waals surface area contributed by atoms with Gasteiger partial charge in [-0.25, -0.2) is 9.67 Å². The van der Waals surface area contributed by atoms with E-state index in [1.807, 2.05) is 61.5 Å². The number of aromatic nitrogens is 5. The standard InChI is InChI=1S/C26H21ClN6O/c1-17-3-2-4-25(31-17)33-24(19-7-10-22-23(13-19)29-12-11-28-22)14-21(32-33)15-26(34)30-16-18-5-8-20(27)9-6-18/h2-14H,15-16H2,1H3,(H,30,34). The van der Waals surface area contributed by atoms with Crippen LogP contribution in [0.25, 0.3) is 28.1 Å². The first kappa shape index (κ1) is 21.7. The number of pyridine rings is 1. The summed E-state index contributed by atoms with van der Waals surface area (Å²) in [7, 11) is 0. The molecular formula is C26H21ClN6O. The third-order valence-electron chi connectivity index (χ3n) is 5.36. The van der Waals surface area contributed by atoms with Crippen LogP contribution in [0.4, 0.5) is 0 Å². The zero-order valence-electron chi connectivity index (χ0n) is 18.4. The van der Waals surface area contributed by atoms with Crippen molar-refractivity contribution in [3.05, 3.63) is 101 Å². The van der Waals surface area contributed by atoms with Gasteiger partial charge in [-0.05, 0) is 55.0 Å². The second-order valence-electron chi connectivity index (χ2n) is 7.91. The molecule has 3 heterocycles. The van der Waals surface area contributed by atoms with Crippen LogP contribution in [-0.2, 0) is 17.8 Å². The fourth-order valence-electron chi connectivity index (χ4n) is 3.70. The van der Waals surface area contributed by atoms with Crippen LogP contribution in [0.3, 0.4) is 0 Å². The topological polar surface area (TPSA) is 85.6 Å². The Morgan fingerprint density at radius 3 is 2.56 bits per heavy atom. The molecule has 8 heteroatoms. The average molecular weight is 469 g/mol. The number of hydrogen-bond donors (Lipinski definition) is 1. The number of nitrogens with one attached hydrogen (secondary N) is 1. The monoisotopic (exact) mass is 468 g/mol. The van der Waals surface area contributed by atoms with E-state index in [1.165, 1.54) is 0 Å². The highest BCUT2D eigenvalue weighted by Gasteiger charge is 2.16. The summed E-state index contributed by atoms with van der Waals surface area (Å²) in [6, 6.07) is 21.0. The van der Waals surface area contributed by atoms with Crippen LogP contribution in [0, 0.1) is 6.92 Å². The lowest BCUT2D eigenvalue weighted by Gasteiger charge is -2.08. The van der Waals surface area contributed by atoms with Crippen molar-refractivity contribution in [3.63, 3.8) is 0 Å². The van der Waals surface area contributed by atoms with E-state index in [9.17, 15) is 4.79 Å². The van der Waals surface area contributed by atoms with Gasteiger partial charge >= 0.3 is 0 Å². The molecular weight excluding hydrogens is 448 g/mol. The Balaban J connectivity index is 1.45. The molecule has 0 unspecified atom stereocenters. The van der Waals surface area contributed by atoms with E-state index in [2.05, 4.69) is 20.3 Å². The summed E-state index contributed by atoms with van der Waals surface area (Å²) in [4.78, 5) is 26.0. The molecule has 3 aromatic heterocycles. The summed E-state index contributed by atoms with van der Waals surface area (Å²) in [5, 5.41) is 8.33. The number of hydrogen-bond acceptors (Lipinski definition) is 5. The first-order chi connectivity index (χ1) is 16.5. The Morgan fingerprint density at radius 1 is 0.971 bits per heavy atom. The summed E-state index contributed by atoms with van der Waals surface area (Å²) >= 11 is 5.93. The van der Waals surface area contributed by atoms with Crippen molar-refractivity contribution in [1.29, 1.82) is 0 Å². The van der Waals surface area contributed by atoms with Gasteiger partial charge in [0.25, 0.3) is 0 Å². The molecule has 0 aliphatic rings. The minimum Gasteiger partial charge on any atom is -0.352 e. The molecule has 2 aromatic carbocycles. The molecule has 34 heavy (non-hydrogen) atoms. The fourth-order valence-corrected chi connectivity index (χ4v) is 3.82. The molecule has 0 atom stereocenters.